The average Bonchev–Trinajstić information content (AvgIpc) is 2.81. The predicted molar refractivity (Wildman–Crippen MR) is 80.7 cm³/mol. The Bertz CT molecular complexity index is 531. The Kier molecular flexibility index (Phi) is 4.46. The largest absolute Gasteiger partial charge is 0.440 e. The van der Waals surface area contributed by atoms with Crippen molar-refractivity contribution in [3.8, 4) is 0 Å². The van der Waals surface area contributed by atoms with Crippen LogP contribution < -0.4 is 5.32 Å². The number of benzene rings is 1. The molecule has 0 fully saturated rings. The van der Waals surface area contributed by atoms with E-state index in [0.717, 1.165) is 29.1 Å². The summed E-state index contributed by atoms with van der Waals surface area (Å²) < 4.78 is 5.72. The van der Waals surface area contributed by atoms with Crippen LogP contribution in [0.5, 0.6) is 0 Å². The fraction of sp³-hybridized carbons (Fsp3) is 0.562. The van der Waals surface area contributed by atoms with Crippen LogP contribution in [0.3, 0.4) is 0 Å². The molecule has 0 aliphatic carbocycles. The Morgan fingerprint density at radius 1 is 1.26 bits per heavy atom. The molecule has 1 atom stereocenters. The van der Waals surface area contributed by atoms with Crippen LogP contribution >= 0.6 is 0 Å². The van der Waals surface area contributed by atoms with Crippen molar-refractivity contribution in [3.63, 3.8) is 0 Å². The zero-order chi connectivity index (χ0) is 13.8. The van der Waals surface area contributed by atoms with Gasteiger partial charge in [0.2, 0.25) is 0 Å². The van der Waals surface area contributed by atoms with Crippen LogP contribution in [0.25, 0.3) is 11.1 Å². The highest BCUT2D eigenvalue weighted by Gasteiger charge is 2.11. The van der Waals surface area contributed by atoms with Crippen molar-refractivity contribution < 1.29 is 4.42 Å². The van der Waals surface area contributed by atoms with E-state index in [1.165, 1.54) is 12.8 Å². The summed E-state index contributed by atoms with van der Waals surface area (Å²) in [5, 5.41) is 3.58. The number of oxazole rings is 1. The lowest BCUT2D eigenvalue weighted by molar-refractivity contribution is 0.501. The third-order valence-corrected chi connectivity index (χ3v) is 3.40. The van der Waals surface area contributed by atoms with E-state index in [-0.39, 0.29) is 0 Å². The van der Waals surface area contributed by atoms with E-state index in [1.54, 1.807) is 0 Å². The van der Waals surface area contributed by atoms with Crippen LogP contribution in [-0.4, -0.2) is 11.0 Å². The molecule has 1 heterocycles. The van der Waals surface area contributed by atoms with Gasteiger partial charge in [0, 0.05) is 17.6 Å². The maximum absolute atomic E-state index is 5.72. The summed E-state index contributed by atoms with van der Waals surface area (Å²) in [4.78, 5) is 4.55. The van der Waals surface area contributed by atoms with Gasteiger partial charge in [-0.15, -0.1) is 0 Å². The van der Waals surface area contributed by atoms with Crippen LogP contribution in [0.15, 0.2) is 22.6 Å². The van der Waals surface area contributed by atoms with Crippen molar-refractivity contribution >= 4 is 16.8 Å². The smallest absolute Gasteiger partial charge is 0.198 e. The second-order valence-electron chi connectivity index (χ2n) is 5.43. The van der Waals surface area contributed by atoms with Gasteiger partial charge in [0.05, 0.1) is 0 Å². The fourth-order valence-corrected chi connectivity index (χ4v) is 2.24. The van der Waals surface area contributed by atoms with Gasteiger partial charge in [-0.05, 0) is 31.0 Å². The van der Waals surface area contributed by atoms with Crippen molar-refractivity contribution in [1.29, 1.82) is 0 Å². The Morgan fingerprint density at radius 2 is 2.05 bits per heavy atom. The predicted octanol–water partition coefficient (Wildman–Crippen LogP) is 4.94. The van der Waals surface area contributed by atoms with E-state index in [4.69, 9.17) is 4.42 Å². The van der Waals surface area contributed by atoms with Gasteiger partial charge in [0.1, 0.15) is 5.52 Å². The third kappa shape index (κ3) is 3.28. The summed E-state index contributed by atoms with van der Waals surface area (Å²) in [6, 6.07) is 6.72. The monoisotopic (exact) mass is 260 g/mol. The first kappa shape index (κ1) is 13.9. The van der Waals surface area contributed by atoms with Gasteiger partial charge in [-0.2, -0.15) is 0 Å². The first-order valence-electron chi connectivity index (χ1n) is 7.31. The van der Waals surface area contributed by atoms with Crippen LogP contribution in [0, 0.1) is 0 Å². The Hall–Kier alpha value is -1.51. The van der Waals surface area contributed by atoms with Crippen LogP contribution in [-0.2, 0) is 0 Å². The number of anilines is 1. The molecule has 104 valence electrons. The summed E-state index contributed by atoms with van der Waals surface area (Å²) in [7, 11) is 0. The molecule has 0 spiro atoms. The zero-order valence-electron chi connectivity index (χ0n) is 12.4. The lowest BCUT2D eigenvalue weighted by Crippen LogP contribution is -2.17. The van der Waals surface area contributed by atoms with E-state index < -0.39 is 0 Å². The molecule has 1 aromatic heterocycles. The Balaban J connectivity index is 2.20. The van der Waals surface area contributed by atoms with Gasteiger partial charge in [0.25, 0.3) is 0 Å². The molecule has 19 heavy (non-hydrogen) atoms. The summed E-state index contributed by atoms with van der Waals surface area (Å²) in [6.07, 6.45) is 3.54. The average molecular weight is 260 g/mol. The molecule has 1 unspecified atom stereocenters. The summed E-state index contributed by atoms with van der Waals surface area (Å²) in [5.74, 6) is 1.14. The highest BCUT2D eigenvalue weighted by atomic mass is 16.3. The molecule has 0 saturated carbocycles. The molecule has 2 aromatic rings. The van der Waals surface area contributed by atoms with Crippen molar-refractivity contribution in [2.75, 3.05) is 5.32 Å². The number of nitrogens with one attached hydrogen (secondary N) is 1. The van der Waals surface area contributed by atoms with Crippen molar-refractivity contribution in [3.05, 3.63) is 24.1 Å². The maximum atomic E-state index is 5.72. The van der Waals surface area contributed by atoms with E-state index in [1.807, 2.05) is 6.07 Å². The number of hydrogen-bond acceptors (Lipinski definition) is 3. The van der Waals surface area contributed by atoms with E-state index in [9.17, 15) is 0 Å². The van der Waals surface area contributed by atoms with Gasteiger partial charge < -0.3 is 9.73 Å². The highest BCUT2D eigenvalue weighted by molar-refractivity contribution is 5.77. The topological polar surface area (TPSA) is 38.1 Å². The maximum Gasteiger partial charge on any atom is 0.198 e. The van der Waals surface area contributed by atoms with Crippen molar-refractivity contribution in [1.82, 2.24) is 4.98 Å². The van der Waals surface area contributed by atoms with E-state index in [0.29, 0.717) is 12.0 Å². The quantitative estimate of drug-likeness (QED) is 0.799. The number of nitrogens with zero attached hydrogens (tertiary/aromatic N) is 1. The van der Waals surface area contributed by atoms with Gasteiger partial charge in [-0.3, -0.25) is 0 Å². The van der Waals surface area contributed by atoms with E-state index >= 15 is 0 Å². The van der Waals surface area contributed by atoms with Gasteiger partial charge >= 0.3 is 0 Å². The molecule has 0 aliphatic rings. The van der Waals surface area contributed by atoms with Gasteiger partial charge in [-0.1, -0.05) is 34.1 Å². The van der Waals surface area contributed by atoms with Gasteiger partial charge in [0.15, 0.2) is 11.5 Å². The van der Waals surface area contributed by atoms with Crippen LogP contribution in [0.2, 0.25) is 0 Å². The molecule has 2 rings (SSSR count). The molecule has 3 heteroatoms. The van der Waals surface area contributed by atoms with Gasteiger partial charge in [-0.25, -0.2) is 4.98 Å². The Labute approximate surface area is 115 Å². The minimum absolute atomic E-state index is 0.326. The first-order valence-corrected chi connectivity index (χ1v) is 7.31. The number of aromatic nitrogens is 1. The fourth-order valence-electron chi connectivity index (χ4n) is 2.24. The molecular weight excluding hydrogens is 236 g/mol. The lowest BCUT2D eigenvalue weighted by Gasteiger charge is -2.17. The summed E-state index contributed by atoms with van der Waals surface area (Å²) in [5.41, 5.74) is 2.95. The number of fused-ring (bicyclic) bond motifs is 1. The third-order valence-electron chi connectivity index (χ3n) is 3.40. The SMILES string of the molecule is CCCC(CC)Nc1ccc2oc(C(C)C)nc2c1. The molecule has 0 radical (unpaired) electrons. The molecule has 0 bridgehead atoms. The first-order chi connectivity index (χ1) is 9.13. The minimum Gasteiger partial charge on any atom is -0.440 e. The number of hydrogen-bond donors (Lipinski definition) is 1. The van der Waals surface area contributed by atoms with Crippen molar-refractivity contribution in [2.24, 2.45) is 0 Å². The van der Waals surface area contributed by atoms with Crippen molar-refractivity contribution in [2.45, 2.75) is 58.9 Å². The standard InChI is InChI=1S/C16H24N2O/c1-5-7-12(6-2)17-13-8-9-15-14(10-13)18-16(19-15)11(3)4/h8-12,17H,5-7H2,1-4H3. The molecule has 1 N–H and O–H groups in total. The zero-order valence-corrected chi connectivity index (χ0v) is 12.4. The summed E-state index contributed by atoms with van der Waals surface area (Å²) in [6.45, 7) is 8.63. The minimum atomic E-state index is 0.326. The molecule has 0 saturated heterocycles. The van der Waals surface area contributed by atoms with Crippen LogP contribution in [0.1, 0.15) is 58.8 Å². The molecule has 3 nitrogen and oxygen atoms in total. The molecule has 0 amide bonds. The normalized spacial score (nSPS) is 13.1. The number of rotatable bonds is 6. The molecular formula is C16H24N2O. The molecule has 1 aromatic carbocycles. The second kappa shape index (κ2) is 6.09. The second-order valence-corrected chi connectivity index (χ2v) is 5.43. The lowest BCUT2D eigenvalue weighted by atomic mass is 10.1. The van der Waals surface area contributed by atoms with Crippen LogP contribution in [0.4, 0.5) is 5.69 Å². The highest BCUT2D eigenvalue weighted by Crippen LogP contribution is 2.24. The van der Waals surface area contributed by atoms with E-state index in [2.05, 4.69) is 50.1 Å². The Morgan fingerprint density at radius 3 is 2.68 bits per heavy atom. The summed E-state index contributed by atoms with van der Waals surface area (Å²) >= 11 is 0. The molecule has 0 aliphatic heterocycles.